The molecule has 134 valence electrons. The van der Waals surface area contributed by atoms with Crippen LogP contribution in [0.3, 0.4) is 0 Å². The molecule has 1 aliphatic carbocycles. The third-order valence-corrected chi connectivity index (χ3v) is 4.90. The van der Waals surface area contributed by atoms with Gasteiger partial charge >= 0.3 is 0 Å². The highest BCUT2D eigenvalue weighted by Crippen LogP contribution is 2.26. The molecule has 3 rings (SSSR count). The number of benzene rings is 1. The van der Waals surface area contributed by atoms with Crippen molar-refractivity contribution in [3.8, 4) is 11.4 Å². The molecule has 0 aliphatic heterocycles. The van der Waals surface area contributed by atoms with E-state index >= 15 is 0 Å². The van der Waals surface area contributed by atoms with Crippen molar-refractivity contribution in [3.05, 3.63) is 30.3 Å². The third kappa shape index (κ3) is 3.87. The number of nitrogens with zero attached hydrogens (tertiary/aromatic N) is 4. The van der Waals surface area contributed by atoms with Crippen molar-refractivity contribution >= 4 is 5.91 Å². The van der Waals surface area contributed by atoms with Crippen molar-refractivity contribution in [1.82, 2.24) is 25.5 Å². The van der Waals surface area contributed by atoms with Crippen LogP contribution in [0.5, 0.6) is 0 Å². The van der Waals surface area contributed by atoms with Gasteiger partial charge in [-0.2, -0.15) is 4.80 Å². The van der Waals surface area contributed by atoms with Gasteiger partial charge in [-0.05, 0) is 36.4 Å². The fourth-order valence-electron chi connectivity index (χ4n) is 3.50. The van der Waals surface area contributed by atoms with Crippen LogP contribution in [0, 0.1) is 11.8 Å². The summed E-state index contributed by atoms with van der Waals surface area (Å²) in [5.41, 5.74) is 6.71. The molecule has 0 bridgehead atoms. The van der Waals surface area contributed by atoms with Crippen molar-refractivity contribution in [2.75, 3.05) is 6.54 Å². The lowest BCUT2D eigenvalue weighted by Gasteiger charge is -2.24. The van der Waals surface area contributed by atoms with Crippen LogP contribution in [0.2, 0.25) is 0 Å². The minimum absolute atomic E-state index is 0.0514. The van der Waals surface area contributed by atoms with E-state index in [-0.39, 0.29) is 17.9 Å². The summed E-state index contributed by atoms with van der Waals surface area (Å²) in [7, 11) is 0. The maximum Gasteiger partial charge on any atom is 0.247 e. The van der Waals surface area contributed by atoms with Gasteiger partial charge in [0.2, 0.25) is 11.7 Å². The average molecular weight is 342 g/mol. The maximum atomic E-state index is 12.9. The summed E-state index contributed by atoms with van der Waals surface area (Å²) in [5.74, 6) is 0.882. The van der Waals surface area contributed by atoms with Crippen LogP contribution in [0.4, 0.5) is 0 Å². The Morgan fingerprint density at radius 2 is 2.08 bits per heavy atom. The number of tetrazole rings is 1. The van der Waals surface area contributed by atoms with Gasteiger partial charge in [-0.3, -0.25) is 4.79 Å². The molecular weight excluding hydrogens is 316 g/mol. The van der Waals surface area contributed by atoms with Crippen molar-refractivity contribution < 1.29 is 4.79 Å². The molecule has 7 nitrogen and oxygen atoms in total. The van der Waals surface area contributed by atoms with Crippen LogP contribution < -0.4 is 11.1 Å². The molecule has 0 spiro atoms. The molecular formula is C18H26N6O. The van der Waals surface area contributed by atoms with E-state index in [0.717, 1.165) is 24.8 Å². The highest BCUT2D eigenvalue weighted by Gasteiger charge is 2.33. The van der Waals surface area contributed by atoms with E-state index in [1.807, 2.05) is 44.2 Å². The van der Waals surface area contributed by atoms with Crippen molar-refractivity contribution in [2.24, 2.45) is 17.6 Å². The van der Waals surface area contributed by atoms with Gasteiger partial charge in [0.25, 0.3) is 0 Å². The minimum Gasteiger partial charge on any atom is -0.351 e. The molecule has 3 atom stereocenters. The van der Waals surface area contributed by atoms with Gasteiger partial charge in [0.05, 0.1) is 0 Å². The van der Waals surface area contributed by atoms with E-state index in [1.165, 1.54) is 4.80 Å². The van der Waals surface area contributed by atoms with Crippen LogP contribution in [-0.2, 0) is 4.79 Å². The molecule has 1 saturated carbocycles. The first-order valence-electron chi connectivity index (χ1n) is 8.95. The van der Waals surface area contributed by atoms with E-state index in [4.69, 9.17) is 5.73 Å². The van der Waals surface area contributed by atoms with E-state index in [2.05, 4.69) is 20.7 Å². The number of aromatic nitrogens is 4. The van der Waals surface area contributed by atoms with E-state index in [0.29, 0.717) is 18.3 Å². The highest BCUT2D eigenvalue weighted by molar-refractivity contribution is 5.80. The molecule has 1 aliphatic rings. The summed E-state index contributed by atoms with van der Waals surface area (Å²) in [6.07, 6.45) is 3.17. The molecule has 1 aromatic carbocycles. The predicted octanol–water partition coefficient (Wildman–Crippen LogP) is 1.78. The molecule has 7 heteroatoms. The zero-order valence-electron chi connectivity index (χ0n) is 14.8. The molecule has 25 heavy (non-hydrogen) atoms. The fraction of sp³-hybridized carbons (Fsp3) is 0.556. The second kappa shape index (κ2) is 7.74. The molecule has 1 heterocycles. The smallest absolute Gasteiger partial charge is 0.247 e. The lowest BCUT2D eigenvalue weighted by atomic mass is 10.0. The number of hydrogen-bond donors (Lipinski definition) is 2. The third-order valence-electron chi connectivity index (χ3n) is 4.90. The summed E-state index contributed by atoms with van der Waals surface area (Å²) < 4.78 is 0. The summed E-state index contributed by atoms with van der Waals surface area (Å²) in [6, 6.07) is 9.31. The van der Waals surface area contributed by atoms with Gasteiger partial charge in [-0.25, -0.2) is 0 Å². The van der Waals surface area contributed by atoms with Crippen LogP contribution in [0.1, 0.15) is 39.2 Å². The Kier molecular flexibility index (Phi) is 5.43. The molecule has 1 amide bonds. The van der Waals surface area contributed by atoms with Crippen LogP contribution >= 0.6 is 0 Å². The highest BCUT2D eigenvalue weighted by atomic mass is 16.2. The Morgan fingerprint density at radius 3 is 2.76 bits per heavy atom. The quantitative estimate of drug-likeness (QED) is 0.834. The number of amides is 1. The monoisotopic (exact) mass is 342 g/mol. The Morgan fingerprint density at radius 1 is 1.32 bits per heavy atom. The second-order valence-electron chi connectivity index (χ2n) is 7.03. The Bertz CT molecular complexity index is 699. The summed E-state index contributed by atoms with van der Waals surface area (Å²) in [6.45, 7) is 4.59. The molecule has 2 aromatic rings. The lowest BCUT2D eigenvalue weighted by Crippen LogP contribution is -2.45. The van der Waals surface area contributed by atoms with Crippen LogP contribution in [-0.4, -0.2) is 38.7 Å². The molecule has 1 fully saturated rings. The first-order chi connectivity index (χ1) is 12.1. The topological polar surface area (TPSA) is 98.7 Å². The average Bonchev–Trinajstić information content (AvgIpc) is 3.25. The van der Waals surface area contributed by atoms with Crippen molar-refractivity contribution in [1.29, 1.82) is 0 Å². The van der Waals surface area contributed by atoms with Gasteiger partial charge in [0.1, 0.15) is 0 Å². The van der Waals surface area contributed by atoms with Gasteiger partial charge in [-0.1, -0.05) is 50.6 Å². The predicted molar refractivity (Wildman–Crippen MR) is 95.5 cm³/mol. The minimum atomic E-state index is -0.482. The van der Waals surface area contributed by atoms with E-state index in [9.17, 15) is 4.79 Å². The summed E-state index contributed by atoms with van der Waals surface area (Å²) in [4.78, 5) is 14.3. The zero-order valence-corrected chi connectivity index (χ0v) is 14.8. The standard InChI is InChI=1S/C18H26N6O/c1-12(2)16(18(25)20-15-10-6-9-14(15)11-19)24-22-17(21-23-24)13-7-4-3-5-8-13/h3-5,7-8,12,14-16H,6,9-11,19H2,1-2H3,(H,20,25). The Labute approximate surface area is 148 Å². The zero-order chi connectivity index (χ0) is 17.8. The number of carbonyl (C=O) groups is 1. The Hall–Kier alpha value is -2.28. The first-order valence-corrected chi connectivity index (χ1v) is 8.95. The van der Waals surface area contributed by atoms with Crippen molar-refractivity contribution in [3.63, 3.8) is 0 Å². The fourth-order valence-corrected chi connectivity index (χ4v) is 3.50. The van der Waals surface area contributed by atoms with Gasteiger partial charge in [0.15, 0.2) is 6.04 Å². The number of nitrogens with one attached hydrogen (secondary N) is 1. The number of carbonyl (C=O) groups excluding carboxylic acids is 1. The largest absolute Gasteiger partial charge is 0.351 e. The molecule has 1 aromatic heterocycles. The van der Waals surface area contributed by atoms with Gasteiger partial charge in [-0.15, -0.1) is 10.2 Å². The SMILES string of the molecule is CC(C)C(C(=O)NC1CCCC1CN)n1nnc(-c2ccccc2)n1. The second-order valence-corrected chi connectivity index (χ2v) is 7.03. The number of rotatable bonds is 6. The van der Waals surface area contributed by atoms with Gasteiger partial charge in [0, 0.05) is 11.6 Å². The van der Waals surface area contributed by atoms with Gasteiger partial charge < -0.3 is 11.1 Å². The van der Waals surface area contributed by atoms with Crippen molar-refractivity contribution in [2.45, 2.75) is 45.2 Å². The summed E-state index contributed by atoms with van der Waals surface area (Å²) in [5, 5.41) is 15.9. The van der Waals surface area contributed by atoms with E-state index in [1.54, 1.807) is 0 Å². The molecule has 3 unspecified atom stereocenters. The molecule has 3 N–H and O–H groups in total. The Balaban J connectivity index is 1.77. The lowest BCUT2D eigenvalue weighted by molar-refractivity contribution is -0.127. The van der Waals surface area contributed by atoms with E-state index < -0.39 is 6.04 Å². The van der Waals surface area contributed by atoms with Crippen LogP contribution in [0.15, 0.2) is 30.3 Å². The number of nitrogens with two attached hydrogens (primary N) is 1. The summed E-state index contributed by atoms with van der Waals surface area (Å²) >= 11 is 0. The molecule has 0 saturated heterocycles. The normalized spacial score (nSPS) is 21.4. The first kappa shape index (κ1) is 17.5. The maximum absolute atomic E-state index is 12.9. The number of hydrogen-bond acceptors (Lipinski definition) is 5. The molecule has 0 radical (unpaired) electrons. The van der Waals surface area contributed by atoms with Crippen LogP contribution in [0.25, 0.3) is 11.4 Å².